The minimum Gasteiger partial charge on any atom is -0.412 e. The third-order valence-corrected chi connectivity index (χ3v) is 1.21. The molecule has 2 aromatic rings. The van der Waals surface area contributed by atoms with E-state index in [0.717, 1.165) is 0 Å². The van der Waals surface area contributed by atoms with Gasteiger partial charge in [-0.25, -0.2) is 19.9 Å². The normalized spacial score (nSPS) is 8.00. The molecule has 0 aliphatic heterocycles. The van der Waals surface area contributed by atoms with Gasteiger partial charge >= 0.3 is 0 Å². The van der Waals surface area contributed by atoms with Crippen molar-refractivity contribution in [3.63, 3.8) is 0 Å². The molecule has 0 atom stereocenters. The van der Waals surface area contributed by atoms with E-state index in [0.29, 0.717) is 11.6 Å². The summed E-state index contributed by atoms with van der Waals surface area (Å²) in [4.78, 5) is 14.6. The molecule has 0 aliphatic carbocycles. The van der Waals surface area contributed by atoms with Gasteiger partial charge < -0.3 is 16.9 Å². The van der Waals surface area contributed by atoms with Gasteiger partial charge in [0.05, 0.1) is 0 Å². The molecule has 0 fully saturated rings. The lowest BCUT2D eigenvalue weighted by Crippen LogP contribution is -1.87. The van der Waals surface area contributed by atoms with E-state index in [2.05, 4.69) is 19.9 Å². The number of hydrogen-bond donors (Lipinski definition) is 2. The summed E-state index contributed by atoms with van der Waals surface area (Å²) < 4.78 is 0. The van der Waals surface area contributed by atoms with E-state index in [1.165, 1.54) is 12.7 Å². The third kappa shape index (κ3) is 5.88. The van der Waals surface area contributed by atoms with Crippen molar-refractivity contribution in [1.29, 1.82) is 0 Å². The minimum atomic E-state index is 0. The highest BCUT2D eigenvalue weighted by Crippen LogP contribution is 1.86. The van der Waals surface area contributed by atoms with E-state index in [-0.39, 0.29) is 5.48 Å². The zero-order valence-electron chi connectivity index (χ0n) is 7.91. The quantitative estimate of drug-likeness (QED) is 0.587. The van der Waals surface area contributed by atoms with Gasteiger partial charge in [-0.05, 0) is 12.1 Å². The first kappa shape index (κ1) is 12.7. The molecule has 7 heteroatoms. The Labute approximate surface area is 86.5 Å². The summed E-state index contributed by atoms with van der Waals surface area (Å²) in [6, 6.07) is 3.28. The summed E-state index contributed by atoms with van der Waals surface area (Å²) in [5, 5.41) is 0. The van der Waals surface area contributed by atoms with Crippen LogP contribution in [-0.2, 0) is 0 Å². The van der Waals surface area contributed by atoms with Gasteiger partial charge in [0.25, 0.3) is 0 Å². The highest BCUT2D eigenvalue weighted by Gasteiger charge is 1.75. The first-order valence-corrected chi connectivity index (χ1v) is 3.82. The van der Waals surface area contributed by atoms with Crippen LogP contribution in [0.1, 0.15) is 0 Å². The van der Waals surface area contributed by atoms with E-state index in [9.17, 15) is 0 Å². The molecule has 7 nitrogen and oxygen atoms in total. The average molecular weight is 208 g/mol. The third-order valence-electron chi connectivity index (χ3n) is 1.21. The summed E-state index contributed by atoms with van der Waals surface area (Å²) in [5.74, 6) is 1.02. The zero-order chi connectivity index (χ0) is 10.2. The molecule has 0 bridgehead atoms. The predicted molar refractivity (Wildman–Crippen MR) is 56.5 cm³/mol. The fourth-order valence-electron chi connectivity index (χ4n) is 0.602. The summed E-state index contributed by atoms with van der Waals surface area (Å²) >= 11 is 0. The first-order valence-electron chi connectivity index (χ1n) is 3.82. The van der Waals surface area contributed by atoms with Crippen molar-refractivity contribution in [2.45, 2.75) is 0 Å². The van der Waals surface area contributed by atoms with Crippen LogP contribution in [-0.4, -0.2) is 25.4 Å². The van der Waals surface area contributed by atoms with Gasteiger partial charge in [0.15, 0.2) is 0 Å². The molecule has 2 aromatic heterocycles. The van der Waals surface area contributed by atoms with E-state index in [4.69, 9.17) is 11.5 Å². The molecule has 0 amide bonds. The molecule has 0 aliphatic rings. The molecule has 0 spiro atoms. The number of aromatic nitrogens is 4. The zero-order valence-corrected chi connectivity index (χ0v) is 7.91. The molecule has 0 saturated carbocycles. The second-order valence-electron chi connectivity index (χ2n) is 2.27. The largest absolute Gasteiger partial charge is 0.412 e. The molecular formula is C8H12N6O. The van der Waals surface area contributed by atoms with E-state index in [1.54, 1.807) is 24.5 Å². The average Bonchev–Trinajstić information content (AvgIpc) is 2.21. The second-order valence-corrected chi connectivity index (χ2v) is 2.27. The Balaban J connectivity index is 0.000000245. The van der Waals surface area contributed by atoms with Crippen molar-refractivity contribution in [3.8, 4) is 0 Å². The summed E-state index contributed by atoms with van der Waals surface area (Å²) in [6.45, 7) is 0. The van der Waals surface area contributed by atoms with Gasteiger partial charge in [-0.2, -0.15) is 0 Å². The second kappa shape index (κ2) is 7.15. The highest BCUT2D eigenvalue weighted by molar-refractivity contribution is 5.23. The van der Waals surface area contributed by atoms with Crippen molar-refractivity contribution >= 4 is 11.6 Å². The topological polar surface area (TPSA) is 135 Å². The molecule has 0 radical (unpaired) electrons. The van der Waals surface area contributed by atoms with Crippen LogP contribution < -0.4 is 11.5 Å². The Morgan fingerprint density at radius 3 is 1.33 bits per heavy atom. The molecule has 2 rings (SSSR count). The van der Waals surface area contributed by atoms with Crippen molar-refractivity contribution in [2.75, 3.05) is 11.5 Å². The monoisotopic (exact) mass is 208 g/mol. The highest BCUT2D eigenvalue weighted by atomic mass is 16.0. The maximum atomic E-state index is 5.21. The van der Waals surface area contributed by atoms with Gasteiger partial charge in [-0.3, -0.25) is 0 Å². The number of nitrogens with two attached hydrogens (primary N) is 2. The van der Waals surface area contributed by atoms with Crippen molar-refractivity contribution < 1.29 is 5.48 Å². The first-order chi connectivity index (χ1) is 6.79. The predicted octanol–water partition coefficient (Wildman–Crippen LogP) is -0.707. The molecule has 6 N–H and O–H groups in total. The molecule has 80 valence electrons. The summed E-state index contributed by atoms with van der Waals surface area (Å²) in [5.41, 5.74) is 10.4. The Kier molecular flexibility index (Phi) is 6.07. The Bertz CT molecular complexity index is 317. The molecule has 15 heavy (non-hydrogen) atoms. The Hall–Kier alpha value is -2.28. The van der Waals surface area contributed by atoms with E-state index < -0.39 is 0 Å². The number of nitrogen functional groups attached to an aromatic ring is 2. The Morgan fingerprint density at radius 1 is 0.800 bits per heavy atom. The molecular weight excluding hydrogens is 196 g/mol. The minimum absolute atomic E-state index is 0. The fourth-order valence-corrected chi connectivity index (χ4v) is 0.602. The Morgan fingerprint density at radius 2 is 1.20 bits per heavy atom. The van der Waals surface area contributed by atoms with Crippen LogP contribution in [0.4, 0.5) is 11.6 Å². The van der Waals surface area contributed by atoms with Gasteiger partial charge in [0, 0.05) is 12.4 Å². The lowest BCUT2D eigenvalue weighted by Gasteiger charge is -1.82. The molecule has 0 unspecified atom stereocenters. The van der Waals surface area contributed by atoms with Crippen LogP contribution in [0.5, 0.6) is 0 Å². The smallest absolute Gasteiger partial charge is 0.126 e. The van der Waals surface area contributed by atoms with Crippen LogP contribution in [0, 0.1) is 0 Å². The van der Waals surface area contributed by atoms with Crippen LogP contribution in [0.3, 0.4) is 0 Å². The van der Waals surface area contributed by atoms with Gasteiger partial charge in [0.2, 0.25) is 0 Å². The molecule has 0 aromatic carbocycles. The summed E-state index contributed by atoms with van der Waals surface area (Å²) in [7, 11) is 0. The molecule has 2 heterocycles. The van der Waals surface area contributed by atoms with E-state index in [1.807, 2.05) is 0 Å². The maximum Gasteiger partial charge on any atom is 0.126 e. The van der Waals surface area contributed by atoms with Gasteiger partial charge in [0.1, 0.15) is 24.3 Å². The maximum absolute atomic E-state index is 5.21. The standard InChI is InChI=1S/2C4H5N3.H2O/c2*5-4-1-2-6-3-7-4;/h2*1-3H,(H2,5,6,7);1H2. The fraction of sp³-hybridized carbons (Fsp3) is 0. The molecule has 0 saturated heterocycles. The SMILES string of the molecule is Nc1ccncn1.Nc1ccncn1.O. The lowest BCUT2D eigenvalue weighted by molar-refractivity contribution is 0.824. The van der Waals surface area contributed by atoms with Crippen LogP contribution in [0.25, 0.3) is 0 Å². The number of hydrogen-bond acceptors (Lipinski definition) is 6. The van der Waals surface area contributed by atoms with Crippen molar-refractivity contribution in [1.82, 2.24) is 19.9 Å². The van der Waals surface area contributed by atoms with Crippen LogP contribution >= 0.6 is 0 Å². The summed E-state index contributed by atoms with van der Waals surface area (Å²) in [6.07, 6.45) is 6.02. The van der Waals surface area contributed by atoms with Crippen molar-refractivity contribution in [2.24, 2.45) is 0 Å². The number of rotatable bonds is 0. The van der Waals surface area contributed by atoms with E-state index >= 15 is 0 Å². The van der Waals surface area contributed by atoms with Crippen LogP contribution in [0.15, 0.2) is 37.2 Å². The van der Waals surface area contributed by atoms with Crippen LogP contribution in [0.2, 0.25) is 0 Å². The number of nitrogens with zero attached hydrogens (tertiary/aromatic N) is 4. The van der Waals surface area contributed by atoms with Gasteiger partial charge in [-0.1, -0.05) is 0 Å². The van der Waals surface area contributed by atoms with Crippen molar-refractivity contribution in [3.05, 3.63) is 37.2 Å². The van der Waals surface area contributed by atoms with Gasteiger partial charge in [-0.15, -0.1) is 0 Å². The lowest BCUT2D eigenvalue weighted by atomic mass is 10.6. The number of anilines is 2.